The van der Waals surface area contributed by atoms with Gasteiger partial charge in [-0.05, 0) is 47.7 Å². The van der Waals surface area contributed by atoms with Crippen LogP contribution in [0.15, 0.2) is 66.7 Å². The molecule has 3 aromatic carbocycles. The van der Waals surface area contributed by atoms with E-state index < -0.39 is 12.1 Å². The highest BCUT2D eigenvalue weighted by molar-refractivity contribution is 6.00. The average Bonchev–Trinajstić information content (AvgIpc) is 3.15. The highest BCUT2D eigenvalue weighted by Gasteiger charge is 2.28. The number of carbonyl (C=O) groups is 3. The lowest BCUT2D eigenvalue weighted by Gasteiger charge is -2.14. The zero-order valence-corrected chi connectivity index (χ0v) is 18.8. The van der Waals surface area contributed by atoms with Crippen molar-refractivity contribution in [2.24, 2.45) is 0 Å². The Morgan fingerprint density at radius 2 is 1.59 bits per heavy atom. The number of benzene rings is 3. The molecule has 7 nitrogen and oxygen atoms in total. The van der Waals surface area contributed by atoms with E-state index in [9.17, 15) is 19.5 Å². The molecule has 0 heterocycles. The van der Waals surface area contributed by atoms with Gasteiger partial charge >= 0.3 is 12.1 Å². The van der Waals surface area contributed by atoms with Crippen molar-refractivity contribution in [1.29, 1.82) is 0 Å². The maximum absolute atomic E-state index is 12.2. The summed E-state index contributed by atoms with van der Waals surface area (Å²) in [5.74, 6) is -1.43. The third-order valence-corrected chi connectivity index (χ3v) is 5.87. The first-order chi connectivity index (χ1) is 16.4. The third kappa shape index (κ3) is 5.09. The van der Waals surface area contributed by atoms with Gasteiger partial charge in [0.05, 0.1) is 11.3 Å². The smallest absolute Gasteiger partial charge is 0.407 e. The van der Waals surface area contributed by atoms with E-state index in [1.165, 1.54) is 6.07 Å². The lowest BCUT2D eigenvalue weighted by Crippen LogP contribution is -2.27. The monoisotopic (exact) mass is 458 g/mol. The number of fused-ring (bicyclic) bond motifs is 3. The number of rotatable bonds is 8. The fraction of sp³-hybridized carbons (Fsp3) is 0.222. The van der Waals surface area contributed by atoms with Crippen LogP contribution in [0.25, 0.3) is 11.1 Å². The minimum atomic E-state index is -1.10. The predicted molar refractivity (Wildman–Crippen MR) is 129 cm³/mol. The van der Waals surface area contributed by atoms with Crippen LogP contribution >= 0.6 is 0 Å². The third-order valence-electron chi connectivity index (χ3n) is 5.87. The Hall–Kier alpha value is -4.13. The standard InChI is InChI=1S/C27H26N2O5/c1-17-12-13-24(22(15-17)26(31)32)29-25(30)11-6-14-28-27(33)34-16-23-20-9-4-2-7-18(20)19-8-3-5-10-21(19)23/h2-5,7-10,12-13,15,23H,6,11,14,16H2,1H3,(H,28,33)(H,29,30)(H,31,32). The quantitative estimate of drug-likeness (QED) is 0.414. The van der Waals surface area contributed by atoms with Crippen LogP contribution in [-0.2, 0) is 9.53 Å². The lowest BCUT2D eigenvalue weighted by molar-refractivity contribution is -0.116. The summed E-state index contributed by atoms with van der Waals surface area (Å²) in [4.78, 5) is 35.8. The molecule has 174 valence electrons. The van der Waals surface area contributed by atoms with Crippen molar-refractivity contribution in [2.45, 2.75) is 25.7 Å². The summed E-state index contributed by atoms with van der Waals surface area (Å²) in [6.07, 6.45) is -0.00471. The molecule has 0 aliphatic heterocycles. The van der Waals surface area contributed by atoms with Gasteiger partial charge in [0, 0.05) is 18.9 Å². The first kappa shape index (κ1) is 23.0. The summed E-state index contributed by atoms with van der Waals surface area (Å²) in [6, 6.07) is 21.1. The Balaban J connectivity index is 1.23. The molecule has 2 amide bonds. The Morgan fingerprint density at radius 1 is 0.941 bits per heavy atom. The second-order valence-corrected chi connectivity index (χ2v) is 8.26. The summed E-state index contributed by atoms with van der Waals surface area (Å²) in [5, 5.41) is 14.6. The van der Waals surface area contributed by atoms with Crippen molar-refractivity contribution in [1.82, 2.24) is 5.32 Å². The number of carboxylic acids is 1. The summed E-state index contributed by atoms with van der Waals surface area (Å²) < 4.78 is 5.48. The maximum atomic E-state index is 12.2. The van der Waals surface area contributed by atoms with Gasteiger partial charge in [0.1, 0.15) is 6.61 Å². The number of hydrogen-bond donors (Lipinski definition) is 3. The first-order valence-electron chi connectivity index (χ1n) is 11.2. The topological polar surface area (TPSA) is 105 Å². The molecule has 34 heavy (non-hydrogen) atoms. The molecule has 0 radical (unpaired) electrons. The molecular weight excluding hydrogens is 432 g/mol. The molecule has 0 bridgehead atoms. The van der Waals surface area contributed by atoms with Crippen LogP contribution in [0.4, 0.5) is 10.5 Å². The minimum absolute atomic E-state index is 0.0122. The molecule has 3 aromatic rings. The molecule has 0 saturated heterocycles. The predicted octanol–water partition coefficient (Wildman–Crippen LogP) is 4.95. The van der Waals surface area contributed by atoms with Crippen molar-refractivity contribution in [3.8, 4) is 11.1 Å². The highest BCUT2D eigenvalue weighted by atomic mass is 16.5. The van der Waals surface area contributed by atoms with Gasteiger partial charge in [-0.1, -0.05) is 60.2 Å². The Morgan fingerprint density at radius 3 is 2.24 bits per heavy atom. The molecule has 1 aliphatic rings. The van der Waals surface area contributed by atoms with E-state index in [1.807, 2.05) is 24.3 Å². The van der Waals surface area contributed by atoms with Gasteiger partial charge < -0.3 is 20.5 Å². The molecule has 0 aromatic heterocycles. The van der Waals surface area contributed by atoms with Crippen LogP contribution in [-0.4, -0.2) is 36.2 Å². The zero-order chi connectivity index (χ0) is 24.1. The molecule has 4 rings (SSSR count). The summed E-state index contributed by atoms with van der Waals surface area (Å²) in [7, 11) is 0. The average molecular weight is 459 g/mol. The van der Waals surface area contributed by atoms with Crippen LogP contribution < -0.4 is 10.6 Å². The number of anilines is 1. The van der Waals surface area contributed by atoms with Gasteiger partial charge in [-0.2, -0.15) is 0 Å². The zero-order valence-electron chi connectivity index (χ0n) is 18.8. The summed E-state index contributed by atoms with van der Waals surface area (Å²) in [6.45, 7) is 2.28. The number of alkyl carbamates (subject to hydrolysis) is 1. The van der Waals surface area contributed by atoms with Gasteiger partial charge in [0.15, 0.2) is 0 Å². The Labute approximate surface area is 197 Å². The minimum Gasteiger partial charge on any atom is -0.478 e. The number of ether oxygens (including phenoxy) is 1. The van der Waals surface area contributed by atoms with Crippen LogP contribution in [0.2, 0.25) is 0 Å². The Kier molecular flexibility index (Phi) is 6.92. The number of aromatic carboxylic acids is 1. The number of aryl methyl sites for hydroxylation is 1. The summed E-state index contributed by atoms with van der Waals surface area (Å²) in [5.41, 5.74) is 5.71. The molecule has 7 heteroatoms. The van der Waals surface area contributed by atoms with Crippen molar-refractivity contribution in [2.75, 3.05) is 18.5 Å². The van der Waals surface area contributed by atoms with Gasteiger partial charge in [0.25, 0.3) is 0 Å². The van der Waals surface area contributed by atoms with Crippen LogP contribution in [0.3, 0.4) is 0 Å². The number of carbonyl (C=O) groups excluding carboxylic acids is 2. The molecule has 0 fully saturated rings. The molecule has 0 saturated carbocycles. The van der Waals surface area contributed by atoms with E-state index in [1.54, 1.807) is 19.1 Å². The number of nitrogens with one attached hydrogen (secondary N) is 2. The summed E-state index contributed by atoms with van der Waals surface area (Å²) >= 11 is 0. The van der Waals surface area contributed by atoms with E-state index in [0.29, 0.717) is 6.42 Å². The number of hydrogen-bond acceptors (Lipinski definition) is 4. The molecule has 0 unspecified atom stereocenters. The molecule has 0 spiro atoms. The number of carboxylic acid groups (broad SMARTS) is 1. The van der Waals surface area contributed by atoms with Gasteiger partial charge in [-0.15, -0.1) is 0 Å². The van der Waals surface area contributed by atoms with E-state index >= 15 is 0 Å². The SMILES string of the molecule is Cc1ccc(NC(=O)CCCNC(=O)OCC2c3ccccc3-c3ccccc32)c(C(=O)O)c1. The van der Waals surface area contributed by atoms with Gasteiger partial charge in [-0.25, -0.2) is 9.59 Å². The Bertz CT molecular complexity index is 1190. The largest absolute Gasteiger partial charge is 0.478 e. The van der Waals surface area contributed by atoms with Gasteiger partial charge in [0.2, 0.25) is 5.91 Å². The molecule has 0 atom stereocenters. The van der Waals surface area contributed by atoms with E-state index in [-0.39, 0.29) is 42.6 Å². The molecular formula is C27H26N2O5. The number of amides is 2. The van der Waals surface area contributed by atoms with E-state index in [4.69, 9.17) is 4.74 Å². The van der Waals surface area contributed by atoms with Crippen LogP contribution in [0.1, 0.15) is 45.8 Å². The van der Waals surface area contributed by atoms with Crippen LogP contribution in [0, 0.1) is 6.92 Å². The van der Waals surface area contributed by atoms with E-state index in [0.717, 1.165) is 27.8 Å². The second-order valence-electron chi connectivity index (χ2n) is 8.26. The van der Waals surface area contributed by atoms with E-state index in [2.05, 4.69) is 34.9 Å². The lowest BCUT2D eigenvalue weighted by atomic mass is 9.98. The molecule has 3 N–H and O–H groups in total. The van der Waals surface area contributed by atoms with Crippen molar-refractivity contribution in [3.05, 3.63) is 89.0 Å². The van der Waals surface area contributed by atoms with Crippen molar-refractivity contribution in [3.63, 3.8) is 0 Å². The van der Waals surface area contributed by atoms with Crippen molar-refractivity contribution < 1.29 is 24.2 Å². The van der Waals surface area contributed by atoms with Crippen molar-refractivity contribution >= 4 is 23.7 Å². The molecule has 1 aliphatic carbocycles. The maximum Gasteiger partial charge on any atom is 0.407 e. The normalized spacial score (nSPS) is 11.9. The fourth-order valence-electron chi connectivity index (χ4n) is 4.25. The second kappa shape index (κ2) is 10.2. The van der Waals surface area contributed by atoms with Crippen LogP contribution in [0.5, 0.6) is 0 Å². The first-order valence-corrected chi connectivity index (χ1v) is 11.2. The van der Waals surface area contributed by atoms with Gasteiger partial charge in [-0.3, -0.25) is 4.79 Å². The fourth-order valence-corrected chi connectivity index (χ4v) is 4.25. The highest BCUT2D eigenvalue weighted by Crippen LogP contribution is 2.44.